The third kappa shape index (κ3) is 5.18. The van der Waals surface area contributed by atoms with Crippen LogP contribution in [0.25, 0.3) is 0 Å². The smallest absolute Gasteiger partial charge is 0.319 e. The van der Waals surface area contributed by atoms with Gasteiger partial charge in [0.15, 0.2) is 0 Å². The second-order valence-electron chi connectivity index (χ2n) is 5.90. The predicted molar refractivity (Wildman–Crippen MR) is 103 cm³/mol. The molecule has 0 saturated carbocycles. The van der Waals surface area contributed by atoms with E-state index in [-0.39, 0.29) is 17.5 Å². The molecular formula is C19H23N3O3S. The molecule has 26 heavy (non-hydrogen) atoms. The van der Waals surface area contributed by atoms with Crippen molar-refractivity contribution in [1.82, 2.24) is 9.62 Å². The quantitative estimate of drug-likeness (QED) is 0.732. The highest BCUT2D eigenvalue weighted by atomic mass is 32.2. The van der Waals surface area contributed by atoms with Gasteiger partial charge in [-0.1, -0.05) is 35.9 Å². The largest absolute Gasteiger partial charge is 0.334 e. The maximum atomic E-state index is 12.3. The fourth-order valence-electron chi connectivity index (χ4n) is 2.35. The van der Waals surface area contributed by atoms with Gasteiger partial charge in [0.2, 0.25) is 10.0 Å². The highest BCUT2D eigenvalue weighted by Gasteiger charge is 2.19. The molecule has 6 nitrogen and oxygen atoms in total. The standard InChI is InChI=1S/C19H23N3O3S/c1-4-12-22(3)26(24,25)18-10-8-17(9-11-18)21-19(23)20-14-16-7-5-6-15(2)13-16/h4-11,13H,1,12,14H2,2-3H3,(H2,20,21,23). The van der Waals surface area contributed by atoms with E-state index in [9.17, 15) is 13.2 Å². The molecule has 2 N–H and O–H groups in total. The van der Waals surface area contributed by atoms with Crippen LogP contribution in [0.15, 0.2) is 66.1 Å². The van der Waals surface area contributed by atoms with E-state index in [1.807, 2.05) is 31.2 Å². The van der Waals surface area contributed by atoms with Gasteiger partial charge in [-0.05, 0) is 36.8 Å². The van der Waals surface area contributed by atoms with Gasteiger partial charge in [-0.2, -0.15) is 4.31 Å². The monoisotopic (exact) mass is 373 g/mol. The van der Waals surface area contributed by atoms with Crippen molar-refractivity contribution in [3.63, 3.8) is 0 Å². The molecule has 0 aliphatic heterocycles. The number of nitrogens with one attached hydrogen (secondary N) is 2. The van der Waals surface area contributed by atoms with Crippen LogP contribution in [0.1, 0.15) is 11.1 Å². The Balaban J connectivity index is 1.96. The van der Waals surface area contributed by atoms with E-state index in [1.165, 1.54) is 29.6 Å². The molecule has 0 heterocycles. The number of urea groups is 1. The van der Waals surface area contributed by atoms with Gasteiger partial charge in [-0.3, -0.25) is 0 Å². The van der Waals surface area contributed by atoms with Crippen LogP contribution >= 0.6 is 0 Å². The van der Waals surface area contributed by atoms with E-state index in [4.69, 9.17) is 0 Å². The lowest BCUT2D eigenvalue weighted by molar-refractivity contribution is 0.251. The summed E-state index contributed by atoms with van der Waals surface area (Å²) >= 11 is 0. The minimum absolute atomic E-state index is 0.160. The van der Waals surface area contributed by atoms with Gasteiger partial charge in [0.1, 0.15) is 0 Å². The van der Waals surface area contributed by atoms with Crippen LogP contribution < -0.4 is 10.6 Å². The van der Waals surface area contributed by atoms with Crippen LogP contribution in [0, 0.1) is 6.92 Å². The van der Waals surface area contributed by atoms with Gasteiger partial charge >= 0.3 is 6.03 Å². The molecule has 0 aromatic heterocycles. The molecule has 7 heteroatoms. The maximum absolute atomic E-state index is 12.3. The number of aryl methyl sites for hydroxylation is 1. The number of carbonyl (C=O) groups excluding carboxylic acids is 1. The second-order valence-corrected chi connectivity index (χ2v) is 7.94. The Hall–Kier alpha value is -2.64. The molecule has 0 aliphatic carbocycles. The molecular weight excluding hydrogens is 350 g/mol. The molecule has 0 saturated heterocycles. The molecule has 138 valence electrons. The Labute approximate surface area is 154 Å². The van der Waals surface area contributed by atoms with Gasteiger partial charge in [-0.25, -0.2) is 13.2 Å². The summed E-state index contributed by atoms with van der Waals surface area (Å²) in [6.07, 6.45) is 1.52. The number of rotatable bonds is 7. The van der Waals surface area contributed by atoms with Crippen LogP contribution in [0.3, 0.4) is 0 Å². The van der Waals surface area contributed by atoms with Crippen molar-refractivity contribution < 1.29 is 13.2 Å². The average Bonchev–Trinajstić information content (AvgIpc) is 2.61. The number of amides is 2. The van der Waals surface area contributed by atoms with Crippen molar-refractivity contribution in [2.45, 2.75) is 18.4 Å². The van der Waals surface area contributed by atoms with E-state index in [0.29, 0.717) is 12.2 Å². The van der Waals surface area contributed by atoms with Crippen LogP contribution in [-0.4, -0.2) is 32.3 Å². The number of carbonyl (C=O) groups is 1. The summed E-state index contributed by atoms with van der Waals surface area (Å²) in [5.41, 5.74) is 2.65. The van der Waals surface area contributed by atoms with E-state index in [0.717, 1.165) is 11.1 Å². The lowest BCUT2D eigenvalue weighted by Gasteiger charge is -2.15. The number of hydrogen-bond acceptors (Lipinski definition) is 3. The minimum atomic E-state index is -3.56. The van der Waals surface area contributed by atoms with Crippen LogP contribution in [0.2, 0.25) is 0 Å². The van der Waals surface area contributed by atoms with Crippen molar-refractivity contribution in [1.29, 1.82) is 0 Å². The Kier molecular flexibility index (Phi) is 6.54. The summed E-state index contributed by atoms with van der Waals surface area (Å²) in [6.45, 7) is 6.16. The SMILES string of the molecule is C=CCN(C)S(=O)(=O)c1ccc(NC(=O)NCc2cccc(C)c2)cc1. The van der Waals surface area contributed by atoms with Crippen LogP contribution in [0.5, 0.6) is 0 Å². The average molecular weight is 373 g/mol. The summed E-state index contributed by atoms with van der Waals surface area (Å²) in [7, 11) is -2.07. The van der Waals surface area contributed by atoms with E-state index >= 15 is 0 Å². The summed E-state index contributed by atoms with van der Waals surface area (Å²) in [4.78, 5) is 12.1. The summed E-state index contributed by atoms with van der Waals surface area (Å²) in [6, 6.07) is 13.5. The summed E-state index contributed by atoms with van der Waals surface area (Å²) < 4.78 is 25.8. The Bertz CT molecular complexity index is 877. The first-order chi connectivity index (χ1) is 12.3. The lowest BCUT2D eigenvalue weighted by Crippen LogP contribution is -2.28. The van der Waals surface area contributed by atoms with Gasteiger partial charge < -0.3 is 10.6 Å². The number of likely N-dealkylation sites (N-methyl/N-ethyl adjacent to an activating group) is 1. The van der Waals surface area contributed by atoms with Crippen molar-refractivity contribution in [2.24, 2.45) is 0 Å². The van der Waals surface area contributed by atoms with Gasteiger partial charge in [0.25, 0.3) is 0 Å². The highest BCUT2D eigenvalue weighted by molar-refractivity contribution is 7.89. The fraction of sp³-hybridized carbons (Fsp3) is 0.211. The number of nitrogens with zero attached hydrogens (tertiary/aromatic N) is 1. The Morgan fingerprint density at radius 1 is 1.19 bits per heavy atom. The molecule has 0 radical (unpaired) electrons. The van der Waals surface area contributed by atoms with E-state index < -0.39 is 10.0 Å². The molecule has 2 aromatic carbocycles. The number of hydrogen-bond donors (Lipinski definition) is 2. The normalized spacial score (nSPS) is 11.2. The molecule has 2 aromatic rings. The molecule has 0 bridgehead atoms. The highest BCUT2D eigenvalue weighted by Crippen LogP contribution is 2.17. The predicted octanol–water partition coefficient (Wildman–Crippen LogP) is 3.12. The van der Waals surface area contributed by atoms with Crippen LogP contribution in [-0.2, 0) is 16.6 Å². The first-order valence-corrected chi connectivity index (χ1v) is 9.54. The first kappa shape index (κ1) is 19.7. The molecule has 2 rings (SSSR count). The minimum Gasteiger partial charge on any atom is -0.334 e. The zero-order chi connectivity index (χ0) is 19.2. The molecule has 0 aliphatic rings. The molecule has 2 amide bonds. The molecule has 0 atom stereocenters. The zero-order valence-corrected chi connectivity index (χ0v) is 15.7. The topological polar surface area (TPSA) is 78.5 Å². The Morgan fingerprint density at radius 3 is 2.50 bits per heavy atom. The summed E-state index contributed by atoms with van der Waals surface area (Å²) in [5, 5.41) is 5.45. The second kappa shape index (κ2) is 8.64. The molecule has 0 spiro atoms. The van der Waals surface area contributed by atoms with Crippen molar-refractivity contribution in [3.8, 4) is 0 Å². The first-order valence-electron chi connectivity index (χ1n) is 8.10. The third-order valence-electron chi connectivity index (χ3n) is 3.74. The summed E-state index contributed by atoms with van der Waals surface area (Å²) in [5.74, 6) is 0. The van der Waals surface area contributed by atoms with Gasteiger partial charge in [0.05, 0.1) is 4.90 Å². The zero-order valence-electron chi connectivity index (χ0n) is 14.9. The number of sulfonamides is 1. The van der Waals surface area contributed by atoms with Gasteiger partial charge in [-0.15, -0.1) is 6.58 Å². The maximum Gasteiger partial charge on any atom is 0.319 e. The van der Waals surface area contributed by atoms with Gasteiger partial charge in [0, 0.05) is 25.8 Å². The van der Waals surface area contributed by atoms with Crippen molar-refractivity contribution in [3.05, 3.63) is 72.3 Å². The molecule has 0 unspecified atom stereocenters. The van der Waals surface area contributed by atoms with Crippen molar-refractivity contribution in [2.75, 3.05) is 18.9 Å². The van der Waals surface area contributed by atoms with Crippen molar-refractivity contribution >= 4 is 21.7 Å². The van der Waals surface area contributed by atoms with E-state index in [1.54, 1.807) is 12.1 Å². The third-order valence-corrected chi connectivity index (χ3v) is 5.58. The lowest BCUT2D eigenvalue weighted by atomic mass is 10.1. The fourth-order valence-corrected chi connectivity index (χ4v) is 3.49. The molecule has 0 fully saturated rings. The Morgan fingerprint density at radius 2 is 1.88 bits per heavy atom. The van der Waals surface area contributed by atoms with E-state index in [2.05, 4.69) is 17.2 Å². The van der Waals surface area contributed by atoms with Crippen LogP contribution in [0.4, 0.5) is 10.5 Å². The number of anilines is 1. The number of benzene rings is 2.